The van der Waals surface area contributed by atoms with E-state index in [9.17, 15) is 9.36 Å². The van der Waals surface area contributed by atoms with Crippen LogP contribution < -0.4 is 0 Å². The number of thioether (sulfide) groups is 1. The quantitative estimate of drug-likeness (QED) is 0.526. The molecule has 82 valence electrons. The first kappa shape index (κ1) is 14.1. The smallest absolute Gasteiger partial charge is 0.287 e. The number of hydrogen-bond acceptors (Lipinski definition) is 4. The summed E-state index contributed by atoms with van der Waals surface area (Å²) in [5.41, 5.74) is -0.265. The molecule has 0 radical (unpaired) electrons. The van der Waals surface area contributed by atoms with E-state index in [1.54, 1.807) is 0 Å². The van der Waals surface area contributed by atoms with Crippen LogP contribution in [-0.4, -0.2) is 24.1 Å². The zero-order valence-corrected chi connectivity index (χ0v) is 10.9. The summed E-state index contributed by atoms with van der Waals surface area (Å²) in [5, 5.41) is 0.176. The van der Waals surface area contributed by atoms with Crippen LogP contribution in [0.4, 0.5) is 0 Å². The second-order valence-electron chi connectivity index (χ2n) is 3.65. The maximum absolute atomic E-state index is 11.6. The van der Waals surface area contributed by atoms with E-state index in [-0.39, 0.29) is 10.5 Å². The molecule has 0 spiro atoms. The molecule has 3 nitrogen and oxygen atoms in total. The number of hydrogen-bond donors (Lipinski definition) is 0. The average molecular weight is 237 g/mol. The Balaban J connectivity index is 3.70. The molecule has 1 unspecified atom stereocenters. The van der Waals surface area contributed by atoms with E-state index in [1.807, 2.05) is 20.8 Å². The highest BCUT2D eigenvalue weighted by atomic mass is 32.2. The van der Waals surface area contributed by atoms with Crippen molar-refractivity contribution in [1.82, 2.24) is 0 Å². The predicted octanol–water partition coefficient (Wildman–Crippen LogP) is 3.07. The number of rotatable bonds is 6. The molecule has 0 aliphatic heterocycles. The summed E-state index contributed by atoms with van der Waals surface area (Å²) in [4.78, 5) is 11.6. The van der Waals surface area contributed by atoms with Crippen molar-refractivity contribution in [2.24, 2.45) is 5.41 Å². The summed E-state index contributed by atoms with van der Waals surface area (Å²) >= 11 is 1.26. The molecular formula is C9H18O3PS+. The zero-order valence-electron chi connectivity index (χ0n) is 9.20. The van der Waals surface area contributed by atoms with Crippen molar-refractivity contribution >= 4 is 24.9 Å². The van der Waals surface area contributed by atoms with Crippen LogP contribution in [0, 0.1) is 5.41 Å². The molecule has 0 aliphatic carbocycles. The molecule has 5 heteroatoms. The van der Waals surface area contributed by atoms with Crippen LogP contribution in [0.3, 0.4) is 0 Å². The third kappa shape index (κ3) is 5.74. The van der Waals surface area contributed by atoms with E-state index in [1.165, 1.54) is 18.4 Å². The second-order valence-corrected chi connectivity index (χ2v) is 5.85. The fourth-order valence-corrected chi connectivity index (χ4v) is 2.00. The third-order valence-corrected chi connectivity index (χ3v) is 3.76. The van der Waals surface area contributed by atoms with Gasteiger partial charge in [0.2, 0.25) is 0 Å². The molecule has 0 bridgehead atoms. The molecule has 0 N–H and O–H groups in total. The molecule has 0 aromatic rings. The van der Waals surface area contributed by atoms with Gasteiger partial charge in [0.1, 0.15) is 6.61 Å². The lowest BCUT2D eigenvalue weighted by Crippen LogP contribution is -2.20. The lowest BCUT2D eigenvalue weighted by atomic mass is 9.92. The monoisotopic (exact) mass is 237 g/mol. The van der Waals surface area contributed by atoms with Crippen LogP contribution in [-0.2, 0) is 13.9 Å². The Morgan fingerprint density at radius 3 is 2.50 bits per heavy atom. The standard InChI is InChI=1S/C9H18O3PS/c1-5-9(2,3)8(10)14-7-6-12-13(4)11/h5-7H2,1-4H3/q+1. The van der Waals surface area contributed by atoms with E-state index in [0.29, 0.717) is 12.4 Å². The van der Waals surface area contributed by atoms with Crippen molar-refractivity contribution in [3.8, 4) is 0 Å². The van der Waals surface area contributed by atoms with Gasteiger partial charge >= 0.3 is 8.03 Å². The predicted molar refractivity (Wildman–Crippen MR) is 61.0 cm³/mol. The Morgan fingerprint density at radius 2 is 2.07 bits per heavy atom. The second kappa shape index (κ2) is 6.54. The molecule has 0 aromatic carbocycles. The highest BCUT2D eigenvalue weighted by Gasteiger charge is 2.25. The van der Waals surface area contributed by atoms with Gasteiger partial charge in [-0.25, -0.2) is 0 Å². The first-order valence-corrected chi connectivity index (χ1v) is 7.22. The summed E-state index contributed by atoms with van der Waals surface area (Å²) in [6, 6.07) is 0. The van der Waals surface area contributed by atoms with Gasteiger partial charge in [-0.05, 0) is 11.0 Å². The largest absolute Gasteiger partial charge is 0.504 e. The van der Waals surface area contributed by atoms with Crippen molar-refractivity contribution in [3.05, 3.63) is 0 Å². The third-order valence-electron chi connectivity index (χ3n) is 2.03. The molecule has 0 heterocycles. The van der Waals surface area contributed by atoms with Gasteiger partial charge in [-0.3, -0.25) is 4.79 Å². The van der Waals surface area contributed by atoms with E-state index < -0.39 is 8.03 Å². The van der Waals surface area contributed by atoms with Gasteiger partial charge < -0.3 is 0 Å². The molecule has 0 saturated heterocycles. The highest BCUT2D eigenvalue weighted by Crippen LogP contribution is 2.27. The van der Waals surface area contributed by atoms with Crippen molar-refractivity contribution in [3.63, 3.8) is 0 Å². The van der Waals surface area contributed by atoms with Crippen LogP contribution in [0.15, 0.2) is 0 Å². The molecule has 0 aliphatic rings. The fourth-order valence-electron chi connectivity index (χ4n) is 0.640. The normalized spacial score (nSPS) is 12.7. The minimum Gasteiger partial charge on any atom is -0.287 e. The van der Waals surface area contributed by atoms with Gasteiger partial charge in [0, 0.05) is 11.2 Å². The zero-order chi connectivity index (χ0) is 11.2. The Labute approximate surface area is 90.8 Å². The summed E-state index contributed by atoms with van der Waals surface area (Å²) < 4.78 is 15.4. The maximum Gasteiger partial charge on any atom is 0.504 e. The van der Waals surface area contributed by atoms with Gasteiger partial charge in [0.05, 0.1) is 0 Å². The topological polar surface area (TPSA) is 43.4 Å². The maximum atomic E-state index is 11.6. The Morgan fingerprint density at radius 1 is 1.50 bits per heavy atom. The van der Waals surface area contributed by atoms with Crippen LogP contribution in [0.25, 0.3) is 0 Å². The Hall–Kier alpha value is 0.0800. The first-order valence-electron chi connectivity index (χ1n) is 4.61. The number of carbonyl (C=O) groups excluding carboxylic acids is 1. The SMILES string of the molecule is CCC(C)(C)C(=O)SCCO[P+](C)=O. The van der Waals surface area contributed by atoms with E-state index >= 15 is 0 Å². The summed E-state index contributed by atoms with van der Waals surface area (Å²) in [7, 11) is -1.54. The summed E-state index contributed by atoms with van der Waals surface area (Å²) in [5.74, 6) is 0.581. The van der Waals surface area contributed by atoms with Gasteiger partial charge in [0.25, 0.3) is 0 Å². The summed E-state index contributed by atoms with van der Waals surface area (Å²) in [6.45, 7) is 7.75. The van der Waals surface area contributed by atoms with E-state index in [2.05, 4.69) is 0 Å². The van der Waals surface area contributed by atoms with Crippen molar-refractivity contribution in [2.45, 2.75) is 27.2 Å². The average Bonchev–Trinajstić information content (AvgIpc) is 2.11. The fraction of sp³-hybridized carbons (Fsp3) is 0.889. The molecule has 0 amide bonds. The molecule has 14 heavy (non-hydrogen) atoms. The van der Waals surface area contributed by atoms with Crippen LogP contribution in [0.1, 0.15) is 27.2 Å². The summed E-state index contributed by atoms with van der Waals surface area (Å²) in [6.07, 6.45) is 0.835. The molecule has 1 atom stereocenters. The Kier molecular flexibility index (Phi) is 6.58. The van der Waals surface area contributed by atoms with E-state index in [0.717, 1.165) is 6.42 Å². The van der Waals surface area contributed by atoms with Crippen LogP contribution in [0.5, 0.6) is 0 Å². The van der Waals surface area contributed by atoms with Gasteiger partial charge in [0.15, 0.2) is 11.8 Å². The van der Waals surface area contributed by atoms with Crippen LogP contribution >= 0.6 is 19.8 Å². The van der Waals surface area contributed by atoms with E-state index in [4.69, 9.17) is 4.52 Å². The lowest BCUT2D eigenvalue weighted by molar-refractivity contribution is -0.118. The first-order chi connectivity index (χ1) is 6.40. The molecular weight excluding hydrogens is 219 g/mol. The number of carbonyl (C=O) groups is 1. The lowest BCUT2D eigenvalue weighted by Gasteiger charge is -2.19. The minimum absolute atomic E-state index is 0.176. The minimum atomic E-state index is -1.54. The Bertz CT molecular complexity index is 216. The molecule has 0 saturated carbocycles. The van der Waals surface area contributed by atoms with Crippen molar-refractivity contribution in [2.75, 3.05) is 19.0 Å². The van der Waals surface area contributed by atoms with Crippen molar-refractivity contribution < 1.29 is 13.9 Å². The van der Waals surface area contributed by atoms with Gasteiger partial charge in [-0.15, -0.1) is 4.52 Å². The molecule has 0 aromatic heterocycles. The van der Waals surface area contributed by atoms with Crippen LogP contribution in [0.2, 0.25) is 0 Å². The molecule has 0 rings (SSSR count). The van der Waals surface area contributed by atoms with Gasteiger partial charge in [-0.1, -0.05) is 32.5 Å². The molecule has 0 fully saturated rings. The van der Waals surface area contributed by atoms with Gasteiger partial charge in [-0.2, -0.15) is 0 Å². The highest BCUT2D eigenvalue weighted by molar-refractivity contribution is 8.13. The van der Waals surface area contributed by atoms with Crippen molar-refractivity contribution in [1.29, 1.82) is 0 Å².